The normalized spacial score (nSPS) is 19.2. The molecule has 2 amide bonds. The first-order valence-corrected chi connectivity index (χ1v) is 6.37. The number of amides is 2. The van der Waals surface area contributed by atoms with Crippen LogP contribution in [-0.2, 0) is 9.53 Å². The Morgan fingerprint density at radius 2 is 1.94 bits per heavy atom. The SMILES string of the molecule is CCOC(=O)C1CCCN1C(=O)N(CC)CC. The van der Waals surface area contributed by atoms with E-state index in [9.17, 15) is 9.59 Å². The van der Waals surface area contributed by atoms with Crippen LogP contribution in [-0.4, -0.2) is 54.1 Å². The van der Waals surface area contributed by atoms with Crippen LogP contribution in [0, 0.1) is 0 Å². The highest BCUT2D eigenvalue weighted by molar-refractivity contribution is 5.84. The van der Waals surface area contributed by atoms with E-state index in [1.165, 1.54) is 0 Å². The van der Waals surface area contributed by atoms with Crippen molar-refractivity contribution in [3.05, 3.63) is 0 Å². The number of rotatable bonds is 4. The van der Waals surface area contributed by atoms with Gasteiger partial charge in [-0.3, -0.25) is 0 Å². The second-order valence-electron chi connectivity index (χ2n) is 4.06. The summed E-state index contributed by atoms with van der Waals surface area (Å²) in [6.45, 7) is 8.02. The van der Waals surface area contributed by atoms with E-state index in [1.54, 1.807) is 16.7 Å². The average Bonchev–Trinajstić information content (AvgIpc) is 2.79. The number of ether oxygens (including phenoxy) is 1. The zero-order valence-electron chi connectivity index (χ0n) is 10.9. The monoisotopic (exact) mass is 242 g/mol. The van der Waals surface area contributed by atoms with Gasteiger partial charge in [0.15, 0.2) is 0 Å². The van der Waals surface area contributed by atoms with Gasteiger partial charge in [-0.1, -0.05) is 0 Å². The van der Waals surface area contributed by atoms with E-state index >= 15 is 0 Å². The van der Waals surface area contributed by atoms with Crippen molar-refractivity contribution in [2.75, 3.05) is 26.2 Å². The maximum absolute atomic E-state index is 12.2. The molecule has 0 saturated carbocycles. The quantitative estimate of drug-likeness (QED) is 0.702. The van der Waals surface area contributed by atoms with Crippen LogP contribution in [0.25, 0.3) is 0 Å². The zero-order chi connectivity index (χ0) is 12.8. The van der Waals surface area contributed by atoms with Crippen molar-refractivity contribution in [1.29, 1.82) is 0 Å². The van der Waals surface area contributed by atoms with Crippen LogP contribution >= 0.6 is 0 Å². The van der Waals surface area contributed by atoms with Gasteiger partial charge in [-0.05, 0) is 33.6 Å². The van der Waals surface area contributed by atoms with Gasteiger partial charge in [0.2, 0.25) is 0 Å². The maximum Gasteiger partial charge on any atom is 0.328 e. The Kier molecular flexibility index (Phi) is 5.25. The average molecular weight is 242 g/mol. The summed E-state index contributed by atoms with van der Waals surface area (Å²) >= 11 is 0. The van der Waals surface area contributed by atoms with Crippen molar-refractivity contribution in [2.45, 2.75) is 39.7 Å². The van der Waals surface area contributed by atoms with E-state index in [2.05, 4.69) is 0 Å². The third-order valence-electron chi connectivity index (χ3n) is 3.09. The summed E-state index contributed by atoms with van der Waals surface area (Å²) in [7, 11) is 0. The van der Waals surface area contributed by atoms with Crippen LogP contribution in [0.15, 0.2) is 0 Å². The van der Waals surface area contributed by atoms with Crippen LogP contribution in [0.4, 0.5) is 4.79 Å². The Morgan fingerprint density at radius 1 is 1.29 bits per heavy atom. The number of urea groups is 1. The lowest BCUT2D eigenvalue weighted by Gasteiger charge is -2.29. The first kappa shape index (κ1) is 13.8. The maximum atomic E-state index is 12.2. The Morgan fingerprint density at radius 3 is 2.47 bits per heavy atom. The van der Waals surface area contributed by atoms with E-state index in [0.29, 0.717) is 32.7 Å². The molecule has 0 aromatic carbocycles. The molecule has 1 fully saturated rings. The Balaban J connectivity index is 2.68. The molecule has 0 bridgehead atoms. The third-order valence-corrected chi connectivity index (χ3v) is 3.09. The summed E-state index contributed by atoms with van der Waals surface area (Å²) < 4.78 is 5.00. The van der Waals surface area contributed by atoms with Crippen LogP contribution in [0.2, 0.25) is 0 Å². The molecule has 0 N–H and O–H groups in total. The molecule has 0 aromatic rings. The first-order valence-electron chi connectivity index (χ1n) is 6.37. The molecule has 1 unspecified atom stereocenters. The van der Waals surface area contributed by atoms with Gasteiger partial charge in [-0.2, -0.15) is 0 Å². The topological polar surface area (TPSA) is 49.9 Å². The molecule has 1 atom stereocenters. The van der Waals surface area contributed by atoms with E-state index in [1.807, 2.05) is 13.8 Å². The summed E-state index contributed by atoms with van der Waals surface area (Å²) in [5, 5.41) is 0. The minimum absolute atomic E-state index is 0.0504. The summed E-state index contributed by atoms with van der Waals surface area (Å²) in [6, 6.07) is -0.436. The van der Waals surface area contributed by atoms with Gasteiger partial charge >= 0.3 is 12.0 Å². The smallest absolute Gasteiger partial charge is 0.328 e. The predicted molar refractivity (Wildman–Crippen MR) is 64.7 cm³/mol. The first-order chi connectivity index (χ1) is 8.15. The molecule has 1 saturated heterocycles. The van der Waals surface area contributed by atoms with Gasteiger partial charge < -0.3 is 14.5 Å². The number of nitrogens with zero attached hydrogens (tertiary/aromatic N) is 2. The molecule has 1 aliphatic rings. The highest BCUT2D eigenvalue weighted by Crippen LogP contribution is 2.20. The van der Waals surface area contributed by atoms with Crippen molar-refractivity contribution in [3.8, 4) is 0 Å². The molecule has 0 aliphatic carbocycles. The van der Waals surface area contributed by atoms with Crippen LogP contribution in [0.3, 0.4) is 0 Å². The minimum atomic E-state index is -0.386. The van der Waals surface area contributed by atoms with Crippen molar-refractivity contribution < 1.29 is 14.3 Å². The van der Waals surface area contributed by atoms with Gasteiger partial charge in [0.05, 0.1) is 6.61 Å². The van der Waals surface area contributed by atoms with Crippen LogP contribution in [0.1, 0.15) is 33.6 Å². The number of hydrogen-bond donors (Lipinski definition) is 0. The highest BCUT2D eigenvalue weighted by atomic mass is 16.5. The van der Waals surface area contributed by atoms with E-state index in [-0.39, 0.29) is 18.0 Å². The molecule has 1 heterocycles. The molecule has 0 spiro atoms. The predicted octanol–water partition coefficient (Wildman–Crippen LogP) is 1.48. The van der Waals surface area contributed by atoms with E-state index < -0.39 is 0 Å². The Labute approximate surface area is 103 Å². The fourth-order valence-corrected chi connectivity index (χ4v) is 2.15. The number of carbonyl (C=O) groups is 2. The van der Waals surface area contributed by atoms with Crippen LogP contribution in [0.5, 0.6) is 0 Å². The second-order valence-corrected chi connectivity index (χ2v) is 4.06. The van der Waals surface area contributed by atoms with E-state index in [4.69, 9.17) is 4.74 Å². The summed E-state index contributed by atoms with van der Waals surface area (Å²) in [4.78, 5) is 27.3. The molecule has 0 radical (unpaired) electrons. The van der Waals surface area contributed by atoms with Crippen molar-refractivity contribution in [1.82, 2.24) is 9.80 Å². The molecule has 5 nitrogen and oxygen atoms in total. The number of esters is 1. The lowest BCUT2D eigenvalue weighted by atomic mass is 10.2. The van der Waals surface area contributed by atoms with Gasteiger partial charge in [-0.15, -0.1) is 0 Å². The fourth-order valence-electron chi connectivity index (χ4n) is 2.15. The molecular formula is C12H22N2O3. The molecule has 5 heteroatoms. The minimum Gasteiger partial charge on any atom is -0.464 e. The van der Waals surface area contributed by atoms with Gasteiger partial charge in [0, 0.05) is 19.6 Å². The summed E-state index contributed by atoms with van der Waals surface area (Å²) in [5.41, 5.74) is 0. The van der Waals surface area contributed by atoms with Crippen molar-refractivity contribution in [2.24, 2.45) is 0 Å². The van der Waals surface area contributed by atoms with Crippen LogP contribution < -0.4 is 0 Å². The standard InChI is InChI=1S/C12H22N2O3/c1-4-13(5-2)12(16)14-9-7-8-10(14)11(15)17-6-3/h10H,4-9H2,1-3H3. The molecule has 0 aromatic heterocycles. The van der Waals surface area contributed by atoms with Gasteiger partial charge in [0.25, 0.3) is 0 Å². The number of likely N-dealkylation sites (tertiary alicyclic amines) is 1. The fraction of sp³-hybridized carbons (Fsp3) is 0.833. The molecule has 1 rings (SSSR count). The Bertz CT molecular complexity index is 277. The highest BCUT2D eigenvalue weighted by Gasteiger charge is 2.36. The lowest BCUT2D eigenvalue weighted by molar-refractivity contribution is -0.147. The second kappa shape index (κ2) is 6.47. The number of hydrogen-bond acceptors (Lipinski definition) is 3. The molecule has 1 aliphatic heterocycles. The Hall–Kier alpha value is -1.26. The van der Waals surface area contributed by atoms with Gasteiger partial charge in [0.1, 0.15) is 6.04 Å². The van der Waals surface area contributed by atoms with Gasteiger partial charge in [-0.25, -0.2) is 9.59 Å². The summed E-state index contributed by atoms with van der Waals surface area (Å²) in [6.07, 6.45) is 1.59. The van der Waals surface area contributed by atoms with E-state index in [0.717, 1.165) is 6.42 Å². The molecule has 17 heavy (non-hydrogen) atoms. The zero-order valence-corrected chi connectivity index (χ0v) is 10.9. The third kappa shape index (κ3) is 3.11. The molecule has 98 valence electrons. The lowest BCUT2D eigenvalue weighted by Crippen LogP contribution is -2.48. The molecular weight excluding hydrogens is 220 g/mol. The number of carbonyl (C=O) groups excluding carboxylic acids is 2. The van der Waals surface area contributed by atoms with Crippen molar-refractivity contribution in [3.63, 3.8) is 0 Å². The van der Waals surface area contributed by atoms with Crippen molar-refractivity contribution >= 4 is 12.0 Å². The summed E-state index contributed by atoms with van der Waals surface area (Å²) in [5.74, 6) is -0.273. The largest absolute Gasteiger partial charge is 0.464 e.